The molecule has 0 bridgehead atoms. The smallest absolute Gasteiger partial charge is 0.185 e. The number of hydrogen-bond donors (Lipinski definition) is 0. The number of carbonyl (C=O) groups excluding carboxylic acids is 1. The van der Waals surface area contributed by atoms with Gasteiger partial charge in [0.1, 0.15) is 5.92 Å². The molecule has 2 rings (SSSR count). The molecule has 0 N–H and O–H groups in total. The number of rotatable bonds is 3. The van der Waals surface area contributed by atoms with Crippen molar-refractivity contribution in [2.45, 2.75) is 5.92 Å². The Labute approximate surface area is 133 Å². The van der Waals surface area contributed by atoms with Crippen molar-refractivity contribution < 1.29 is 4.79 Å². The van der Waals surface area contributed by atoms with Gasteiger partial charge in [0, 0.05) is 13.6 Å². The van der Waals surface area contributed by atoms with Crippen molar-refractivity contribution in [1.82, 2.24) is 0 Å². The molecule has 0 saturated heterocycles. The maximum Gasteiger partial charge on any atom is 0.185 e. The highest BCUT2D eigenvalue weighted by Crippen LogP contribution is 2.25. The molecule has 0 aliphatic rings. The summed E-state index contributed by atoms with van der Waals surface area (Å²) in [5, 5.41) is 9.30. The number of ketones is 1. The van der Waals surface area contributed by atoms with Crippen molar-refractivity contribution in [3.05, 3.63) is 67.7 Å². The number of carbonyl (C=O) groups is 1. The summed E-state index contributed by atoms with van der Waals surface area (Å²) in [5.74, 6) is -0.931. The Morgan fingerprint density at radius 3 is 2.58 bits per heavy atom. The van der Waals surface area contributed by atoms with Crippen LogP contribution in [0.4, 0.5) is 0 Å². The second-order valence-corrected chi connectivity index (χ2v) is 6.04. The Morgan fingerprint density at radius 2 is 1.95 bits per heavy atom. The second-order valence-electron chi connectivity index (χ2n) is 3.96. The molecule has 0 amide bonds. The lowest BCUT2D eigenvalue weighted by Crippen LogP contribution is -2.12. The summed E-state index contributed by atoms with van der Waals surface area (Å²) in [6.45, 7) is 0. The van der Waals surface area contributed by atoms with E-state index in [0.29, 0.717) is 11.1 Å². The fraction of sp³-hybridized carbons (Fsp3) is 0.0667. The molecule has 0 aromatic heterocycles. The zero-order valence-electron chi connectivity index (χ0n) is 9.81. The van der Waals surface area contributed by atoms with E-state index in [1.165, 1.54) is 0 Å². The van der Waals surface area contributed by atoms with Crippen LogP contribution in [-0.2, 0) is 0 Å². The molecule has 19 heavy (non-hydrogen) atoms. The first-order valence-electron chi connectivity index (χ1n) is 5.57. The zero-order valence-corrected chi connectivity index (χ0v) is 13.6. The third-order valence-corrected chi connectivity index (χ3v) is 4.15. The second kappa shape index (κ2) is 6.31. The van der Waals surface area contributed by atoms with Crippen molar-refractivity contribution in [2.24, 2.45) is 0 Å². The minimum absolute atomic E-state index is 0.161. The first-order valence-corrected chi connectivity index (χ1v) is 7.44. The maximum atomic E-state index is 12.5. The quantitative estimate of drug-likeness (QED) is 0.534. The van der Waals surface area contributed by atoms with E-state index < -0.39 is 5.92 Å². The van der Waals surface area contributed by atoms with Gasteiger partial charge in [0.05, 0.1) is 6.07 Å². The molecule has 4 heteroatoms. The lowest BCUT2D eigenvalue weighted by molar-refractivity contribution is 0.0978. The van der Waals surface area contributed by atoms with Gasteiger partial charge in [-0.1, -0.05) is 46.3 Å². The number of nitrogens with zero attached hydrogens (tertiary/aromatic N) is 1. The van der Waals surface area contributed by atoms with E-state index in [4.69, 9.17) is 0 Å². The fourth-order valence-corrected chi connectivity index (χ4v) is 2.86. The van der Waals surface area contributed by atoms with Crippen molar-refractivity contribution in [1.29, 1.82) is 5.26 Å². The SMILES string of the molecule is N#CC(C(=O)c1ccccc1I)c1cccc(Br)c1. The number of halogens is 2. The zero-order chi connectivity index (χ0) is 13.8. The monoisotopic (exact) mass is 425 g/mol. The highest BCUT2D eigenvalue weighted by atomic mass is 127. The highest BCUT2D eigenvalue weighted by molar-refractivity contribution is 14.1. The average Bonchev–Trinajstić information content (AvgIpc) is 2.40. The Kier molecular flexibility index (Phi) is 4.72. The van der Waals surface area contributed by atoms with Gasteiger partial charge in [0.2, 0.25) is 0 Å². The van der Waals surface area contributed by atoms with Crippen molar-refractivity contribution in [2.75, 3.05) is 0 Å². The third kappa shape index (κ3) is 3.23. The van der Waals surface area contributed by atoms with Gasteiger partial charge >= 0.3 is 0 Å². The van der Waals surface area contributed by atoms with Crippen LogP contribution in [0.15, 0.2) is 53.0 Å². The van der Waals surface area contributed by atoms with E-state index in [1.807, 2.05) is 36.4 Å². The van der Waals surface area contributed by atoms with Crippen LogP contribution < -0.4 is 0 Å². The highest BCUT2D eigenvalue weighted by Gasteiger charge is 2.23. The van der Waals surface area contributed by atoms with E-state index >= 15 is 0 Å². The Morgan fingerprint density at radius 1 is 1.21 bits per heavy atom. The molecule has 0 aliphatic heterocycles. The van der Waals surface area contributed by atoms with Crippen LogP contribution >= 0.6 is 38.5 Å². The summed E-state index contributed by atoms with van der Waals surface area (Å²) in [6.07, 6.45) is 0. The van der Waals surface area contributed by atoms with Crippen LogP contribution in [0.3, 0.4) is 0 Å². The Hall–Kier alpha value is -1.19. The van der Waals surface area contributed by atoms with Gasteiger partial charge in [-0.2, -0.15) is 5.26 Å². The summed E-state index contributed by atoms with van der Waals surface area (Å²) in [7, 11) is 0. The molecule has 2 nitrogen and oxygen atoms in total. The summed E-state index contributed by atoms with van der Waals surface area (Å²) in [4.78, 5) is 12.5. The summed E-state index contributed by atoms with van der Waals surface area (Å²) in [5.41, 5.74) is 1.30. The van der Waals surface area contributed by atoms with Gasteiger partial charge < -0.3 is 0 Å². The third-order valence-electron chi connectivity index (χ3n) is 2.71. The molecule has 0 spiro atoms. The van der Waals surface area contributed by atoms with E-state index in [2.05, 4.69) is 44.6 Å². The lowest BCUT2D eigenvalue weighted by Gasteiger charge is -2.10. The average molecular weight is 426 g/mol. The number of Topliss-reactive ketones (excluding diaryl/α,β-unsaturated/α-hetero) is 1. The summed E-state index contributed by atoms with van der Waals surface area (Å²) in [6, 6.07) is 16.7. The first-order chi connectivity index (χ1) is 9.13. The van der Waals surface area contributed by atoms with Crippen LogP contribution in [0, 0.1) is 14.9 Å². The largest absolute Gasteiger partial charge is 0.292 e. The van der Waals surface area contributed by atoms with Gasteiger partial charge in [-0.05, 0) is 46.4 Å². The normalized spacial score (nSPS) is 11.6. The predicted octanol–water partition coefficient (Wildman–Crippen LogP) is 4.54. The van der Waals surface area contributed by atoms with E-state index in [0.717, 1.165) is 8.04 Å². The van der Waals surface area contributed by atoms with Crippen molar-refractivity contribution in [3.63, 3.8) is 0 Å². The Balaban J connectivity index is 2.42. The molecule has 0 fully saturated rings. The number of hydrogen-bond acceptors (Lipinski definition) is 2. The molecular weight excluding hydrogens is 417 g/mol. The van der Waals surface area contributed by atoms with Crippen LogP contribution in [-0.4, -0.2) is 5.78 Å². The minimum atomic E-state index is -0.770. The molecule has 2 aromatic rings. The number of nitriles is 1. The minimum Gasteiger partial charge on any atom is -0.292 e. The molecule has 2 aromatic carbocycles. The van der Waals surface area contributed by atoms with E-state index in [9.17, 15) is 10.1 Å². The van der Waals surface area contributed by atoms with Gasteiger partial charge in [0.25, 0.3) is 0 Å². The van der Waals surface area contributed by atoms with Gasteiger partial charge in [0.15, 0.2) is 5.78 Å². The fourth-order valence-electron chi connectivity index (χ4n) is 1.79. The maximum absolute atomic E-state index is 12.5. The van der Waals surface area contributed by atoms with Crippen molar-refractivity contribution >= 4 is 44.3 Å². The van der Waals surface area contributed by atoms with Crippen LogP contribution in [0.25, 0.3) is 0 Å². The molecule has 1 atom stereocenters. The summed E-state index contributed by atoms with van der Waals surface area (Å²) >= 11 is 5.47. The standard InChI is InChI=1S/C15H9BrINO/c16-11-5-3-4-10(8-11)13(9-18)15(19)12-6-1-2-7-14(12)17/h1-8,13H. The molecular formula is C15H9BrINO. The Bertz CT molecular complexity index is 663. The van der Waals surface area contributed by atoms with E-state index in [1.54, 1.807) is 12.1 Å². The van der Waals surface area contributed by atoms with Gasteiger partial charge in [-0.15, -0.1) is 0 Å². The predicted molar refractivity (Wildman–Crippen MR) is 86.0 cm³/mol. The molecule has 0 heterocycles. The number of benzene rings is 2. The topological polar surface area (TPSA) is 40.9 Å². The van der Waals surface area contributed by atoms with Crippen molar-refractivity contribution in [3.8, 4) is 6.07 Å². The van der Waals surface area contributed by atoms with Crippen LogP contribution in [0.5, 0.6) is 0 Å². The van der Waals surface area contributed by atoms with Gasteiger partial charge in [-0.25, -0.2) is 0 Å². The molecule has 0 radical (unpaired) electrons. The van der Waals surface area contributed by atoms with Gasteiger partial charge in [-0.3, -0.25) is 4.79 Å². The van der Waals surface area contributed by atoms with Crippen LogP contribution in [0.1, 0.15) is 21.8 Å². The first kappa shape index (κ1) is 14.2. The molecule has 0 aliphatic carbocycles. The molecule has 0 saturated carbocycles. The van der Waals surface area contributed by atoms with E-state index in [-0.39, 0.29) is 5.78 Å². The lowest BCUT2D eigenvalue weighted by atomic mass is 9.92. The molecule has 1 unspecified atom stereocenters. The molecule has 94 valence electrons. The summed E-state index contributed by atoms with van der Waals surface area (Å²) < 4.78 is 1.72. The van der Waals surface area contributed by atoms with Crippen LogP contribution in [0.2, 0.25) is 0 Å².